The zero-order valence-corrected chi connectivity index (χ0v) is 38.8. The smallest absolute Gasteiger partial charge is 0.417 e. The van der Waals surface area contributed by atoms with Gasteiger partial charge in [-0.25, -0.2) is 9.59 Å². The van der Waals surface area contributed by atoms with Gasteiger partial charge in [-0.2, -0.15) is 23.0 Å². The number of esters is 1. The molecule has 0 aliphatic carbocycles. The molecule has 0 atom stereocenters. The zero-order chi connectivity index (χ0) is 50.2. The summed E-state index contributed by atoms with van der Waals surface area (Å²) < 4.78 is 55.2. The number of aromatic carboxylic acids is 1. The van der Waals surface area contributed by atoms with Crippen LogP contribution in [0.4, 0.5) is 18.9 Å². The van der Waals surface area contributed by atoms with Crippen LogP contribution in [0.1, 0.15) is 102 Å². The number of carbonyl (C=O) groups excluding carboxylic acids is 3. The molecule has 3 heterocycles. The number of hydrogen-bond donors (Lipinski definition) is 6. The number of fused-ring (bicyclic) bond motifs is 7. The van der Waals surface area contributed by atoms with Crippen molar-refractivity contribution in [3.05, 3.63) is 165 Å². The van der Waals surface area contributed by atoms with Crippen molar-refractivity contribution >= 4 is 69.3 Å². The molecule has 71 heavy (non-hydrogen) atoms. The number of nitrogens with zero attached hydrogens (tertiary/aromatic N) is 2. The standard InChI is InChI=1S/C52H41ClF3N5O9S/c53-40-9-7-8-39(52(54,55)56)44(40)47(65)61-41-24-30(14-18-34(41)45(60-61)28-10-12-29(13-11-28)48(66)67)46(64)57-22-5-3-1-2-4-6-23-58-50(71)59-31-15-19-36-35(25-31)49(68)70-51(36)37-20-16-32(62)26-42(37)69-43-27-33(63)17-21-38(43)51/h7-21,24-27,62-63H,1-6,22-23H2,(H,57,64)(H,66,67)(H2,58,59,71). The fourth-order valence-electron chi connectivity index (χ4n) is 8.90. The number of nitrogens with one attached hydrogen (secondary N) is 3. The van der Waals surface area contributed by atoms with Gasteiger partial charge in [0.25, 0.3) is 11.8 Å². The molecule has 6 N–H and O–H groups in total. The minimum Gasteiger partial charge on any atom is -0.508 e. The largest absolute Gasteiger partial charge is 0.508 e. The molecule has 1 spiro atoms. The summed E-state index contributed by atoms with van der Waals surface area (Å²) >= 11 is 11.7. The van der Waals surface area contributed by atoms with Gasteiger partial charge < -0.3 is 40.7 Å². The van der Waals surface area contributed by atoms with E-state index in [0.717, 1.165) is 48.9 Å². The molecule has 0 bridgehead atoms. The molecule has 19 heteroatoms. The van der Waals surface area contributed by atoms with Gasteiger partial charge in [0.1, 0.15) is 28.7 Å². The van der Waals surface area contributed by atoms with Crippen LogP contribution in [0.5, 0.6) is 23.0 Å². The number of carboxylic acids is 1. The van der Waals surface area contributed by atoms with Gasteiger partial charge in [0, 0.05) is 64.1 Å². The number of phenolic OH excluding ortho intramolecular Hbond substituents is 2. The van der Waals surface area contributed by atoms with E-state index in [2.05, 4.69) is 21.0 Å². The van der Waals surface area contributed by atoms with Crippen molar-refractivity contribution in [1.82, 2.24) is 20.4 Å². The van der Waals surface area contributed by atoms with Crippen molar-refractivity contribution in [3.8, 4) is 34.3 Å². The zero-order valence-electron chi connectivity index (χ0n) is 37.2. The Kier molecular flexibility index (Phi) is 13.2. The molecule has 9 rings (SSSR count). The lowest BCUT2D eigenvalue weighted by Crippen LogP contribution is -2.33. The maximum Gasteiger partial charge on any atom is 0.417 e. The van der Waals surface area contributed by atoms with E-state index in [1.807, 2.05) is 0 Å². The molecule has 1 aromatic heterocycles. The molecule has 1 amide bonds. The van der Waals surface area contributed by atoms with Crippen LogP contribution < -0.4 is 20.7 Å². The van der Waals surface area contributed by atoms with E-state index in [1.165, 1.54) is 72.8 Å². The van der Waals surface area contributed by atoms with Gasteiger partial charge in [0.15, 0.2) is 10.7 Å². The predicted molar refractivity (Wildman–Crippen MR) is 261 cm³/mol. The molecule has 362 valence electrons. The summed E-state index contributed by atoms with van der Waals surface area (Å²) in [5.74, 6) is -2.87. The third-order valence-electron chi connectivity index (χ3n) is 12.3. The van der Waals surface area contributed by atoms with Crippen molar-refractivity contribution < 1.29 is 57.1 Å². The number of anilines is 1. The molecule has 14 nitrogen and oxygen atoms in total. The average molecular weight is 1000 g/mol. The quantitative estimate of drug-likeness (QED) is 0.0342. The first kappa shape index (κ1) is 48.1. The molecule has 7 aromatic rings. The highest BCUT2D eigenvalue weighted by Crippen LogP contribution is 2.57. The Bertz CT molecular complexity index is 3260. The summed E-state index contributed by atoms with van der Waals surface area (Å²) in [5.41, 5.74) is -0.208. The highest BCUT2D eigenvalue weighted by atomic mass is 35.5. The summed E-state index contributed by atoms with van der Waals surface area (Å²) in [6, 6.07) is 27.4. The average Bonchev–Trinajstić information content (AvgIpc) is 3.86. The van der Waals surface area contributed by atoms with Crippen LogP contribution >= 0.6 is 23.8 Å². The van der Waals surface area contributed by atoms with Crippen molar-refractivity contribution in [2.45, 2.75) is 50.3 Å². The van der Waals surface area contributed by atoms with Gasteiger partial charge >= 0.3 is 18.1 Å². The van der Waals surface area contributed by atoms with E-state index >= 15 is 0 Å². The Morgan fingerprint density at radius 2 is 1.37 bits per heavy atom. The number of unbranched alkanes of at least 4 members (excludes halogenated alkanes) is 5. The van der Waals surface area contributed by atoms with E-state index in [9.17, 15) is 47.7 Å². The molecule has 2 aliphatic heterocycles. The Morgan fingerprint density at radius 3 is 2.01 bits per heavy atom. The maximum absolute atomic E-state index is 14.1. The molecule has 6 aromatic carbocycles. The van der Waals surface area contributed by atoms with Crippen LogP contribution in [0.15, 0.2) is 115 Å². The Hall–Kier alpha value is -7.96. The van der Waals surface area contributed by atoms with E-state index in [1.54, 1.807) is 30.3 Å². The van der Waals surface area contributed by atoms with Gasteiger partial charge in [-0.3, -0.25) is 9.59 Å². The van der Waals surface area contributed by atoms with Crippen LogP contribution in [0.25, 0.3) is 22.2 Å². The Labute approximate surface area is 413 Å². The number of alkyl halides is 3. The van der Waals surface area contributed by atoms with Gasteiger partial charge in [0.2, 0.25) is 0 Å². The number of carbonyl (C=O) groups is 4. The van der Waals surface area contributed by atoms with Crippen molar-refractivity contribution in [3.63, 3.8) is 0 Å². The summed E-state index contributed by atoms with van der Waals surface area (Å²) in [6.07, 6.45) is 0.158. The van der Waals surface area contributed by atoms with E-state index in [4.69, 9.17) is 33.3 Å². The molecule has 0 fully saturated rings. The van der Waals surface area contributed by atoms with Crippen LogP contribution in [0.3, 0.4) is 0 Å². The summed E-state index contributed by atoms with van der Waals surface area (Å²) in [4.78, 5) is 52.2. The normalized spacial score (nSPS) is 13.2. The minimum atomic E-state index is -4.92. The summed E-state index contributed by atoms with van der Waals surface area (Å²) in [6.45, 7) is 0.943. The van der Waals surface area contributed by atoms with Gasteiger partial charge in [0.05, 0.1) is 32.8 Å². The highest BCUT2D eigenvalue weighted by molar-refractivity contribution is 7.80. The third kappa shape index (κ3) is 9.43. The van der Waals surface area contributed by atoms with Crippen LogP contribution in [-0.2, 0) is 16.5 Å². The number of rotatable bonds is 14. The number of benzene rings is 6. The van der Waals surface area contributed by atoms with Gasteiger partial charge in [-0.1, -0.05) is 61.5 Å². The topological polar surface area (TPSA) is 201 Å². The first-order valence-electron chi connectivity index (χ1n) is 22.4. The summed E-state index contributed by atoms with van der Waals surface area (Å²) in [7, 11) is 0. The number of aromatic hydroxyl groups is 2. The maximum atomic E-state index is 14.1. The fraction of sp³-hybridized carbons (Fsp3) is 0.192. The second kappa shape index (κ2) is 19.4. The monoisotopic (exact) mass is 1000 g/mol. The van der Waals surface area contributed by atoms with Gasteiger partial charge in [-0.15, -0.1) is 0 Å². The lowest BCUT2D eigenvalue weighted by atomic mass is 9.77. The van der Waals surface area contributed by atoms with Crippen LogP contribution in [-0.4, -0.2) is 67.1 Å². The first-order chi connectivity index (χ1) is 34.0. The number of ether oxygens (including phenoxy) is 2. The molecular weight excluding hydrogens is 963 g/mol. The lowest BCUT2D eigenvalue weighted by molar-refractivity contribution is -0.137. The molecular formula is C52H41ClF3N5O9S. The van der Waals surface area contributed by atoms with Crippen LogP contribution in [0.2, 0.25) is 5.02 Å². The molecule has 0 radical (unpaired) electrons. The molecule has 0 saturated carbocycles. The van der Waals surface area contributed by atoms with Crippen molar-refractivity contribution in [2.75, 3.05) is 18.4 Å². The van der Waals surface area contributed by atoms with E-state index < -0.39 is 51.7 Å². The molecule has 2 aliphatic rings. The Morgan fingerprint density at radius 1 is 0.746 bits per heavy atom. The van der Waals surface area contributed by atoms with E-state index in [-0.39, 0.29) is 45.3 Å². The van der Waals surface area contributed by atoms with Gasteiger partial charge in [-0.05, 0) is 104 Å². The predicted octanol–water partition coefficient (Wildman–Crippen LogP) is 10.8. The fourth-order valence-corrected chi connectivity index (χ4v) is 9.38. The molecule has 0 saturated heterocycles. The van der Waals surface area contributed by atoms with Crippen molar-refractivity contribution in [2.24, 2.45) is 0 Å². The number of amides is 1. The lowest BCUT2D eigenvalue weighted by Gasteiger charge is -2.36. The first-order valence-corrected chi connectivity index (χ1v) is 23.1. The number of aromatic nitrogens is 2. The van der Waals surface area contributed by atoms with Crippen LogP contribution in [0, 0.1) is 0 Å². The number of thiocarbonyl (C=S) groups is 1. The second-order valence-electron chi connectivity index (χ2n) is 16.9. The van der Waals surface area contributed by atoms with E-state index in [0.29, 0.717) is 63.5 Å². The second-order valence-corrected chi connectivity index (χ2v) is 17.7. The Balaban J connectivity index is 0.759. The SMILES string of the molecule is O=C(O)c1ccc(-c2nn(C(=O)c3c(Cl)cccc3C(F)(F)F)c3cc(C(=O)NCCCCCCCCNC(=S)Nc4ccc5c(c4)C(=O)OC54c5ccc(O)cc5Oc5cc(O)ccc54)ccc23)cc1. The number of carboxylic acid groups (broad SMARTS) is 1. The minimum absolute atomic E-state index is 0.00827. The highest BCUT2D eigenvalue weighted by Gasteiger charge is 2.53. The van der Waals surface area contributed by atoms with Crippen molar-refractivity contribution in [1.29, 1.82) is 0 Å². The number of phenols is 2. The molecule has 0 unspecified atom stereocenters. The third-order valence-corrected chi connectivity index (χ3v) is 12.8. The summed E-state index contributed by atoms with van der Waals surface area (Å²) in [5, 5.41) is 43.6. The number of hydrogen-bond acceptors (Lipinski definition) is 10. The number of halogens is 4.